The lowest BCUT2D eigenvalue weighted by Gasteiger charge is -2.17. The van der Waals surface area contributed by atoms with Crippen LogP contribution in [0.15, 0.2) is 40.9 Å². The first-order valence-corrected chi connectivity index (χ1v) is 7.89. The van der Waals surface area contributed by atoms with Crippen molar-refractivity contribution in [3.63, 3.8) is 0 Å². The Morgan fingerprint density at radius 3 is 2.35 bits per heavy atom. The fourth-order valence-electron chi connectivity index (χ4n) is 2.05. The number of benzene rings is 2. The Bertz CT molecular complexity index is 611. The van der Waals surface area contributed by atoms with Crippen LogP contribution in [0, 0.1) is 6.92 Å². The molecule has 0 aliphatic carbocycles. The Labute approximate surface area is 136 Å². The van der Waals surface area contributed by atoms with Crippen molar-refractivity contribution in [2.24, 2.45) is 0 Å². The predicted molar refractivity (Wildman–Crippen MR) is 89.2 cm³/mol. The highest BCUT2D eigenvalue weighted by Crippen LogP contribution is 2.41. The van der Waals surface area contributed by atoms with Gasteiger partial charge in [-0.25, -0.2) is 0 Å². The molecule has 106 valence electrons. The second-order valence-electron chi connectivity index (χ2n) is 4.50. The second-order valence-corrected chi connectivity index (χ2v) is 6.27. The van der Waals surface area contributed by atoms with Crippen molar-refractivity contribution < 1.29 is 9.47 Å². The predicted octanol–water partition coefficient (Wildman–Crippen LogP) is 5.26. The highest BCUT2D eigenvalue weighted by Gasteiger charge is 2.18. The fourth-order valence-corrected chi connectivity index (χ4v) is 3.59. The summed E-state index contributed by atoms with van der Waals surface area (Å²) in [6.07, 6.45) is 0. The van der Waals surface area contributed by atoms with Gasteiger partial charge in [0.15, 0.2) is 0 Å². The van der Waals surface area contributed by atoms with Crippen LogP contribution in [0.5, 0.6) is 11.5 Å². The standard InChI is InChI=1S/C16H16Br2O2/c1-10-4-7-14(17)13(8-10)16(18)12-6-5-11(19-2)9-15(12)20-3/h4-9,16H,1-3H3. The van der Waals surface area contributed by atoms with Crippen LogP contribution in [-0.2, 0) is 0 Å². The molecule has 0 amide bonds. The maximum atomic E-state index is 5.48. The molecular formula is C16H16Br2O2. The molecule has 2 nitrogen and oxygen atoms in total. The van der Waals surface area contributed by atoms with Crippen molar-refractivity contribution in [1.29, 1.82) is 0 Å². The summed E-state index contributed by atoms with van der Waals surface area (Å²) < 4.78 is 11.8. The van der Waals surface area contributed by atoms with Gasteiger partial charge in [0.1, 0.15) is 11.5 Å². The summed E-state index contributed by atoms with van der Waals surface area (Å²) in [5, 5.41) is 0. The minimum absolute atomic E-state index is 0.0534. The molecule has 0 spiro atoms. The van der Waals surface area contributed by atoms with Gasteiger partial charge in [-0.3, -0.25) is 0 Å². The molecule has 0 aromatic heterocycles. The molecule has 0 saturated heterocycles. The SMILES string of the molecule is COc1ccc(C(Br)c2cc(C)ccc2Br)c(OC)c1. The Morgan fingerprint density at radius 2 is 1.70 bits per heavy atom. The molecule has 2 aromatic carbocycles. The Kier molecular flexibility index (Phi) is 5.11. The van der Waals surface area contributed by atoms with E-state index in [9.17, 15) is 0 Å². The van der Waals surface area contributed by atoms with Gasteiger partial charge in [-0.2, -0.15) is 0 Å². The fraction of sp³-hybridized carbons (Fsp3) is 0.250. The Balaban J connectivity index is 2.47. The largest absolute Gasteiger partial charge is 0.497 e. The summed E-state index contributed by atoms with van der Waals surface area (Å²) in [5.41, 5.74) is 3.47. The normalized spacial score (nSPS) is 12.1. The quantitative estimate of drug-likeness (QED) is 0.653. The molecule has 1 atom stereocenters. The van der Waals surface area contributed by atoms with Crippen molar-refractivity contribution in [3.8, 4) is 11.5 Å². The van der Waals surface area contributed by atoms with Crippen molar-refractivity contribution in [2.75, 3.05) is 14.2 Å². The van der Waals surface area contributed by atoms with Gasteiger partial charge < -0.3 is 9.47 Å². The van der Waals surface area contributed by atoms with E-state index in [0.29, 0.717) is 0 Å². The smallest absolute Gasteiger partial charge is 0.127 e. The van der Waals surface area contributed by atoms with E-state index in [4.69, 9.17) is 9.47 Å². The van der Waals surface area contributed by atoms with Crippen LogP contribution in [0.3, 0.4) is 0 Å². The summed E-state index contributed by atoms with van der Waals surface area (Å²) in [6.45, 7) is 2.08. The summed E-state index contributed by atoms with van der Waals surface area (Å²) in [5.74, 6) is 1.59. The van der Waals surface area contributed by atoms with Crippen molar-refractivity contribution >= 4 is 31.9 Å². The first-order valence-electron chi connectivity index (χ1n) is 6.19. The van der Waals surface area contributed by atoms with Gasteiger partial charge in [0, 0.05) is 16.1 Å². The van der Waals surface area contributed by atoms with E-state index in [1.807, 2.05) is 18.2 Å². The lowest BCUT2D eigenvalue weighted by atomic mass is 10.0. The third-order valence-corrected chi connectivity index (χ3v) is 4.85. The van der Waals surface area contributed by atoms with Gasteiger partial charge >= 0.3 is 0 Å². The molecule has 4 heteroatoms. The second kappa shape index (κ2) is 6.64. The van der Waals surface area contributed by atoms with Crippen molar-refractivity contribution in [2.45, 2.75) is 11.8 Å². The number of aryl methyl sites for hydroxylation is 1. The summed E-state index contributed by atoms with van der Waals surface area (Å²) in [4.78, 5) is 0.0534. The molecule has 0 radical (unpaired) electrons. The van der Waals surface area contributed by atoms with Crippen molar-refractivity contribution in [3.05, 3.63) is 57.6 Å². The topological polar surface area (TPSA) is 18.5 Å². The van der Waals surface area contributed by atoms with E-state index in [2.05, 4.69) is 57.0 Å². The minimum Gasteiger partial charge on any atom is -0.497 e. The highest BCUT2D eigenvalue weighted by molar-refractivity contribution is 9.11. The van der Waals surface area contributed by atoms with E-state index in [0.717, 1.165) is 21.5 Å². The molecule has 0 N–H and O–H groups in total. The molecule has 0 heterocycles. The highest BCUT2D eigenvalue weighted by atomic mass is 79.9. The van der Waals surface area contributed by atoms with Crippen LogP contribution < -0.4 is 9.47 Å². The lowest BCUT2D eigenvalue weighted by Crippen LogP contribution is -1.99. The van der Waals surface area contributed by atoms with Crippen LogP contribution in [0.1, 0.15) is 21.5 Å². The third kappa shape index (κ3) is 3.18. The maximum absolute atomic E-state index is 5.48. The minimum atomic E-state index is 0.0534. The summed E-state index contributed by atoms with van der Waals surface area (Å²) >= 11 is 7.37. The number of ether oxygens (including phenoxy) is 2. The van der Waals surface area contributed by atoms with E-state index >= 15 is 0 Å². The van der Waals surface area contributed by atoms with E-state index in [-0.39, 0.29) is 4.83 Å². The first kappa shape index (κ1) is 15.4. The zero-order chi connectivity index (χ0) is 14.7. The molecule has 0 bridgehead atoms. The molecule has 0 aliphatic heterocycles. The Morgan fingerprint density at radius 1 is 0.950 bits per heavy atom. The van der Waals surface area contributed by atoms with Crippen molar-refractivity contribution in [1.82, 2.24) is 0 Å². The zero-order valence-electron chi connectivity index (χ0n) is 11.6. The molecule has 0 saturated carbocycles. The monoisotopic (exact) mass is 398 g/mol. The van der Waals surface area contributed by atoms with Gasteiger partial charge in [0.2, 0.25) is 0 Å². The molecule has 2 aromatic rings. The molecule has 0 aliphatic rings. The van der Waals surface area contributed by atoms with E-state index in [1.54, 1.807) is 14.2 Å². The van der Waals surface area contributed by atoms with Gasteiger partial charge in [-0.15, -0.1) is 0 Å². The van der Waals surface area contributed by atoms with Gasteiger partial charge in [0.05, 0.1) is 19.0 Å². The number of hydrogen-bond acceptors (Lipinski definition) is 2. The average molecular weight is 400 g/mol. The molecular weight excluding hydrogens is 384 g/mol. The van der Waals surface area contributed by atoms with Gasteiger partial charge in [-0.05, 0) is 24.6 Å². The van der Waals surface area contributed by atoms with Gasteiger partial charge in [-0.1, -0.05) is 55.6 Å². The van der Waals surface area contributed by atoms with Gasteiger partial charge in [0.25, 0.3) is 0 Å². The number of methoxy groups -OCH3 is 2. The molecule has 2 rings (SSSR count). The third-order valence-electron chi connectivity index (χ3n) is 3.14. The Hall–Kier alpha value is -1.00. The first-order chi connectivity index (χ1) is 9.56. The maximum Gasteiger partial charge on any atom is 0.127 e. The molecule has 1 unspecified atom stereocenters. The number of hydrogen-bond donors (Lipinski definition) is 0. The summed E-state index contributed by atoms with van der Waals surface area (Å²) in [6, 6.07) is 12.2. The van der Waals surface area contributed by atoms with Crippen LogP contribution in [0.2, 0.25) is 0 Å². The lowest BCUT2D eigenvalue weighted by molar-refractivity contribution is 0.391. The van der Waals surface area contributed by atoms with E-state index < -0.39 is 0 Å². The number of rotatable bonds is 4. The van der Waals surface area contributed by atoms with Crippen LogP contribution in [0.25, 0.3) is 0 Å². The zero-order valence-corrected chi connectivity index (χ0v) is 14.8. The summed E-state index contributed by atoms with van der Waals surface area (Å²) in [7, 11) is 3.32. The molecule has 0 fully saturated rings. The van der Waals surface area contributed by atoms with Crippen LogP contribution in [0.4, 0.5) is 0 Å². The average Bonchev–Trinajstić information content (AvgIpc) is 2.48. The van der Waals surface area contributed by atoms with Crippen LogP contribution in [-0.4, -0.2) is 14.2 Å². The van der Waals surface area contributed by atoms with Crippen LogP contribution >= 0.6 is 31.9 Å². The molecule has 20 heavy (non-hydrogen) atoms. The number of alkyl halides is 1. The number of halogens is 2. The van der Waals surface area contributed by atoms with E-state index in [1.165, 1.54) is 11.1 Å².